The summed E-state index contributed by atoms with van der Waals surface area (Å²) < 4.78 is 18.9. The van der Waals surface area contributed by atoms with Gasteiger partial charge in [0.2, 0.25) is 11.0 Å². The molecule has 0 N–H and O–H groups in total. The van der Waals surface area contributed by atoms with Gasteiger partial charge in [0.1, 0.15) is 12.4 Å². The van der Waals surface area contributed by atoms with Crippen LogP contribution >= 0.6 is 35.7 Å². The predicted molar refractivity (Wildman–Crippen MR) is 231 cm³/mol. The maximum Gasteiger partial charge on any atom is 0.359 e. The Morgan fingerprint density at radius 1 is 0.982 bits per heavy atom. The van der Waals surface area contributed by atoms with Crippen LogP contribution in [-0.4, -0.2) is 57.2 Å². The quantitative estimate of drug-likeness (QED) is 0.0165. The minimum atomic E-state index is -2.30. The summed E-state index contributed by atoms with van der Waals surface area (Å²) in [4.78, 5) is 55.2. The molecule has 3 aromatic rings. The third-order valence-electron chi connectivity index (χ3n) is 9.76. The summed E-state index contributed by atoms with van der Waals surface area (Å²) in [6.07, 6.45) is -0.475. The van der Waals surface area contributed by atoms with Crippen molar-refractivity contribution < 1.29 is 33.2 Å². The molecule has 0 aromatic heterocycles. The fraction of sp³-hybridized carbons (Fsp3) is 0.405. The normalized spacial score (nSPS) is 16.8. The molecule has 1 heterocycles. The monoisotopic (exact) mass is 847 g/mol. The minimum absolute atomic E-state index is 0.111. The molecule has 302 valence electrons. The van der Waals surface area contributed by atoms with E-state index in [-0.39, 0.29) is 44.9 Å². The lowest BCUT2D eigenvalue weighted by Crippen LogP contribution is -2.64. The van der Waals surface area contributed by atoms with Crippen molar-refractivity contribution in [3.05, 3.63) is 116 Å². The van der Waals surface area contributed by atoms with Gasteiger partial charge in [-0.15, -0.1) is 11.8 Å². The van der Waals surface area contributed by atoms with E-state index in [1.54, 1.807) is 69.3 Å². The SMILES string of the molecule is CCS[C@@H]1[C@@H]([C@@H](C)O[Si](C)(C)C(C)(C)C)C(=O)N1C(C(=O)OCc1ccc([N+](=O)[O-])cc1)=C(Oc1ccc(C(=S)c2ccc(C#N)cc2)cc1)SC(=O)C(C)(C)C. The van der Waals surface area contributed by atoms with Crippen LogP contribution in [0.15, 0.2) is 83.6 Å². The van der Waals surface area contributed by atoms with E-state index in [0.29, 0.717) is 39.1 Å². The minimum Gasteiger partial charge on any atom is -0.456 e. The van der Waals surface area contributed by atoms with E-state index in [0.717, 1.165) is 5.56 Å². The van der Waals surface area contributed by atoms with Crippen LogP contribution in [0.3, 0.4) is 0 Å². The summed E-state index contributed by atoms with van der Waals surface area (Å²) in [5.74, 6) is -1.02. The van der Waals surface area contributed by atoms with E-state index in [9.17, 15) is 29.8 Å². The zero-order valence-corrected chi connectivity index (χ0v) is 37.4. The lowest BCUT2D eigenvalue weighted by Gasteiger charge is -2.51. The van der Waals surface area contributed by atoms with Crippen molar-refractivity contribution in [1.29, 1.82) is 5.26 Å². The van der Waals surface area contributed by atoms with Crippen LogP contribution in [0.2, 0.25) is 18.1 Å². The number of carbonyl (C=O) groups is 3. The molecule has 1 fully saturated rings. The first-order valence-corrected chi connectivity index (χ1v) is 23.6. The number of amides is 1. The van der Waals surface area contributed by atoms with Gasteiger partial charge in [-0.1, -0.05) is 72.8 Å². The van der Waals surface area contributed by atoms with Crippen molar-refractivity contribution in [1.82, 2.24) is 4.90 Å². The number of nitro benzene ring substituents is 1. The van der Waals surface area contributed by atoms with Crippen molar-refractivity contribution in [2.75, 3.05) is 5.75 Å². The number of likely N-dealkylation sites (tertiary alicyclic amines) is 1. The molecule has 0 unspecified atom stereocenters. The van der Waals surface area contributed by atoms with Crippen LogP contribution in [0.5, 0.6) is 5.75 Å². The fourth-order valence-electron chi connectivity index (χ4n) is 5.43. The molecule has 15 heteroatoms. The van der Waals surface area contributed by atoms with Crippen molar-refractivity contribution >= 4 is 71.6 Å². The van der Waals surface area contributed by atoms with Crippen LogP contribution in [0.4, 0.5) is 5.69 Å². The third kappa shape index (κ3) is 11.0. The number of benzene rings is 3. The Morgan fingerprint density at radius 2 is 1.54 bits per heavy atom. The third-order valence-corrected chi connectivity index (χ3v) is 17.2. The highest BCUT2D eigenvalue weighted by Gasteiger charge is 2.56. The van der Waals surface area contributed by atoms with Gasteiger partial charge in [-0.25, -0.2) is 4.79 Å². The standard InChI is InChI=1S/C42H49N3O8S3Si/c1-11-55-37-33(26(2)53-57(9,10)42(6,7)8)36(46)44(37)34(38(47)51-25-28-14-20-31(21-15-28)45(49)50)39(56-40(48)41(3,4)5)52-32-22-18-30(19-23-32)35(54)29-16-12-27(24-43)13-17-29/h12-23,26,33,37H,11,25H2,1-10H3/t26-,33+,37-/m1/s1. The van der Waals surface area contributed by atoms with E-state index < -0.39 is 42.0 Å². The van der Waals surface area contributed by atoms with Gasteiger partial charge >= 0.3 is 5.97 Å². The maximum atomic E-state index is 14.4. The van der Waals surface area contributed by atoms with Crippen LogP contribution in [0.1, 0.15) is 77.6 Å². The average molecular weight is 848 g/mol. The molecule has 57 heavy (non-hydrogen) atoms. The Labute approximate surface area is 349 Å². The van der Waals surface area contributed by atoms with E-state index in [1.165, 1.54) is 40.9 Å². The molecule has 1 amide bonds. The number of rotatable bonds is 15. The second-order valence-electron chi connectivity index (χ2n) is 16.1. The number of nitriles is 1. The second-order valence-corrected chi connectivity index (χ2v) is 23.6. The molecule has 0 saturated carbocycles. The summed E-state index contributed by atoms with van der Waals surface area (Å²) in [6, 6.07) is 21.4. The summed E-state index contributed by atoms with van der Waals surface area (Å²) in [5.41, 5.74) is 1.22. The molecular formula is C42H49N3O8S3Si. The molecule has 0 spiro atoms. The Hall–Kier alpha value is -4.33. The Bertz CT molecular complexity index is 2070. The van der Waals surface area contributed by atoms with Gasteiger partial charge < -0.3 is 13.9 Å². The van der Waals surface area contributed by atoms with Gasteiger partial charge in [-0.2, -0.15) is 5.26 Å². The molecule has 0 radical (unpaired) electrons. The summed E-state index contributed by atoms with van der Waals surface area (Å²) in [5, 5.41) is 19.3. The van der Waals surface area contributed by atoms with E-state index in [1.807, 2.05) is 13.8 Å². The number of hydrogen-bond acceptors (Lipinski definition) is 12. The molecule has 1 aliphatic rings. The Balaban J connectivity index is 1.80. The zero-order chi connectivity index (χ0) is 42.5. The number of nitrogens with zero attached hydrogens (tertiary/aromatic N) is 3. The molecule has 1 aliphatic heterocycles. The number of nitro groups is 1. The Kier molecular flexibility index (Phi) is 14.7. The Morgan fingerprint density at radius 3 is 2.04 bits per heavy atom. The first-order valence-electron chi connectivity index (χ1n) is 18.4. The van der Waals surface area contributed by atoms with Crippen LogP contribution in [-0.2, 0) is 30.2 Å². The highest BCUT2D eigenvalue weighted by molar-refractivity contribution is 8.16. The van der Waals surface area contributed by atoms with Crippen LogP contribution in [0.25, 0.3) is 0 Å². The molecule has 1 saturated heterocycles. The highest BCUT2D eigenvalue weighted by Crippen LogP contribution is 2.46. The molecule has 3 aromatic carbocycles. The van der Waals surface area contributed by atoms with E-state index in [4.69, 9.17) is 26.1 Å². The molecule has 3 atom stereocenters. The maximum absolute atomic E-state index is 14.4. The molecule has 4 rings (SSSR count). The molecule has 0 bridgehead atoms. The van der Waals surface area contributed by atoms with Gasteiger partial charge in [-0.3, -0.25) is 24.6 Å². The first kappa shape index (κ1) is 45.4. The second kappa shape index (κ2) is 18.5. The number of non-ortho nitro benzene ring substituents is 1. The van der Waals surface area contributed by atoms with Crippen molar-refractivity contribution in [2.24, 2.45) is 11.3 Å². The highest BCUT2D eigenvalue weighted by atomic mass is 32.2. The number of hydrogen-bond donors (Lipinski definition) is 0. The molecule has 11 nitrogen and oxygen atoms in total. The van der Waals surface area contributed by atoms with Crippen LogP contribution < -0.4 is 4.74 Å². The van der Waals surface area contributed by atoms with Crippen molar-refractivity contribution in [3.63, 3.8) is 0 Å². The lowest BCUT2D eigenvalue weighted by atomic mass is 9.92. The van der Waals surface area contributed by atoms with Crippen molar-refractivity contribution in [3.8, 4) is 11.8 Å². The van der Waals surface area contributed by atoms with E-state index in [2.05, 4.69) is 39.9 Å². The zero-order valence-electron chi connectivity index (χ0n) is 33.9. The number of thioether (sulfide) groups is 2. The topological polar surface area (TPSA) is 149 Å². The van der Waals surface area contributed by atoms with E-state index >= 15 is 0 Å². The number of ether oxygens (including phenoxy) is 2. The van der Waals surface area contributed by atoms with Gasteiger partial charge in [0.05, 0.1) is 38.8 Å². The molecular weight excluding hydrogens is 799 g/mol. The smallest absolute Gasteiger partial charge is 0.359 e. The summed E-state index contributed by atoms with van der Waals surface area (Å²) in [7, 11) is -2.30. The predicted octanol–water partition coefficient (Wildman–Crippen LogP) is 9.78. The number of esters is 1. The summed E-state index contributed by atoms with van der Waals surface area (Å²) >= 11 is 7.90. The van der Waals surface area contributed by atoms with Crippen molar-refractivity contribution in [2.45, 2.75) is 91.6 Å². The number of thiocarbonyl (C=S) groups is 1. The number of carbonyl (C=O) groups excluding carboxylic acids is 3. The van der Waals surface area contributed by atoms with Crippen LogP contribution in [0, 0.1) is 32.8 Å². The van der Waals surface area contributed by atoms with Gasteiger partial charge in [0.15, 0.2) is 19.1 Å². The molecule has 0 aliphatic carbocycles. The largest absolute Gasteiger partial charge is 0.456 e. The fourth-order valence-corrected chi connectivity index (χ4v) is 9.27. The van der Waals surface area contributed by atoms with Gasteiger partial charge in [0, 0.05) is 17.5 Å². The first-order chi connectivity index (χ1) is 26.6. The summed E-state index contributed by atoms with van der Waals surface area (Å²) in [6.45, 7) is 19.4. The van der Waals surface area contributed by atoms with Gasteiger partial charge in [-0.05, 0) is 108 Å². The van der Waals surface area contributed by atoms with Gasteiger partial charge in [0.25, 0.3) is 5.69 Å². The average Bonchev–Trinajstić information content (AvgIpc) is 3.14. The number of β-lactam (4-membered cyclic amide) rings is 1. The lowest BCUT2D eigenvalue weighted by molar-refractivity contribution is -0.384.